The zero-order valence-electron chi connectivity index (χ0n) is 17.8. The fourth-order valence-corrected chi connectivity index (χ4v) is 5.64. The first-order valence-corrected chi connectivity index (χ1v) is 12.2. The van der Waals surface area contributed by atoms with Crippen LogP contribution in [0.2, 0.25) is 5.02 Å². The highest BCUT2D eigenvalue weighted by atomic mass is 35.5. The van der Waals surface area contributed by atoms with E-state index in [0.717, 1.165) is 41.8 Å². The molecule has 1 aliphatic rings. The number of aromatic nitrogens is 2. The van der Waals surface area contributed by atoms with E-state index >= 15 is 0 Å². The fraction of sp³-hybridized carbons (Fsp3) is 0.348. The first-order valence-electron chi connectivity index (χ1n) is 10.6. The third-order valence-electron chi connectivity index (χ3n) is 5.46. The van der Waals surface area contributed by atoms with Gasteiger partial charge in [0.1, 0.15) is 5.00 Å². The highest BCUT2D eigenvalue weighted by Gasteiger charge is 2.25. The predicted octanol–water partition coefficient (Wildman–Crippen LogP) is 5.90. The highest BCUT2D eigenvalue weighted by Crippen LogP contribution is 2.37. The molecule has 0 spiro atoms. The monoisotopic (exact) mass is 488 g/mol. The van der Waals surface area contributed by atoms with Gasteiger partial charge in [0.15, 0.2) is 10.9 Å². The first kappa shape index (κ1) is 22.8. The standard InChI is InChI=1S/C23H25ClN4O2S2/c1-30-22(29)20-16-9-4-2-3-5-11-18(16)32-21(20)26-23(31)25-19-12-13-28(27-19)14-15-8-6-7-10-17(15)24/h6-8,10,12-13H,2-5,9,11,14H2,1H3,(H2,25,26,27,31). The van der Waals surface area contributed by atoms with Gasteiger partial charge >= 0.3 is 5.97 Å². The normalized spacial score (nSPS) is 13.6. The van der Waals surface area contributed by atoms with Gasteiger partial charge in [-0.25, -0.2) is 4.79 Å². The van der Waals surface area contributed by atoms with E-state index in [1.165, 1.54) is 24.8 Å². The van der Waals surface area contributed by atoms with Gasteiger partial charge in [-0.1, -0.05) is 42.6 Å². The average Bonchev–Trinajstić information content (AvgIpc) is 3.33. The molecule has 0 atom stereocenters. The number of thiophene rings is 1. The number of rotatable bonds is 5. The zero-order chi connectivity index (χ0) is 22.5. The number of hydrogen-bond donors (Lipinski definition) is 2. The van der Waals surface area contributed by atoms with Crippen LogP contribution in [0.25, 0.3) is 0 Å². The average molecular weight is 489 g/mol. The Balaban J connectivity index is 1.47. The van der Waals surface area contributed by atoms with Crippen molar-refractivity contribution in [1.82, 2.24) is 9.78 Å². The molecule has 3 aromatic rings. The van der Waals surface area contributed by atoms with Crippen molar-refractivity contribution in [3.05, 3.63) is 63.1 Å². The van der Waals surface area contributed by atoms with Crippen LogP contribution in [0.5, 0.6) is 0 Å². The third-order valence-corrected chi connectivity index (χ3v) is 7.24. The van der Waals surface area contributed by atoms with Crippen LogP contribution in [-0.4, -0.2) is 28.0 Å². The summed E-state index contributed by atoms with van der Waals surface area (Å²) < 4.78 is 6.87. The number of halogens is 1. The molecule has 0 amide bonds. The number of benzene rings is 1. The Morgan fingerprint density at radius 3 is 2.75 bits per heavy atom. The van der Waals surface area contributed by atoms with E-state index in [4.69, 9.17) is 28.6 Å². The Labute approximate surface area is 201 Å². The van der Waals surface area contributed by atoms with Crippen molar-refractivity contribution >= 4 is 57.1 Å². The lowest BCUT2D eigenvalue weighted by atomic mass is 9.96. The molecule has 9 heteroatoms. The first-order chi connectivity index (χ1) is 15.5. The summed E-state index contributed by atoms with van der Waals surface area (Å²) in [6.45, 7) is 0.561. The number of carbonyl (C=O) groups is 1. The van der Waals surface area contributed by atoms with Gasteiger partial charge in [-0.3, -0.25) is 4.68 Å². The van der Waals surface area contributed by atoms with Crippen LogP contribution in [0.3, 0.4) is 0 Å². The predicted molar refractivity (Wildman–Crippen MR) is 134 cm³/mol. The number of aryl methyl sites for hydroxylation is 1. The molecule has 1 aliphatic carbocycles. The molecule has 2 heterocycles. The van der Waals surface area contributed by atoms with Crippen LogP contribution in [0.1, 0.15) is 52.0 Å². The van der Waals surface area contributed by atoms with E-state index < -0.39 is 0 Å². The summed E-state index contributed by atoms with van der Waals surface area (Å²) >= 11 is 13.4. The molecular formula is C23H25ClN4O2S2. The largest absolute Gasteiger partial charge is 0.465 e. The summed E-state index contributed by atoms with van der Waals surface area (Å²) in [5.74, 6) is 0.293. The SMILES string of the molecule is COC(=O)c1c(NC(=S)Nc2ccn(Cc3ccccc3Cl)n2)sc2c1CCCCCC2. The van der Waals surface area contributed by atoms with Gasteiger partial charge in [-0.2, -0.15) is 5.10 Å². The molecule has 0 unspecified atom stereocenters. The van der Waals surface area contributed by atoms with Gasteiger partial charge in [0.25, 0.3) is 0 Å². The van der Waals surface area contributed by atoms with Gasteiger partial charge in [0.05, 0.1) is 19.2 Å². The number of anilines is 2. The van der Waals surface area contributed by atoms with Gasteiger partial charge in [0.2, 0.25) is 0 Å². The lowest BCUT2D eigenvalue weighted by Gasteiger charge is -2.11. The molecule has 4 rings (SSSR count). The Kier molecular flexibility index (Phi) is 7.44. The number of methoxy groups -OCH3 is 1. The number of nitrogens with one attached hydrogen (secondary N) is 2. The second-order valence-electron chi connectivity index (χ2n) is 7.68. The molecule has 6 nitrogen and oxygen atoms in total. The topological polar surface area (TPSA) is 68.2 Å². The number of carbonyl (C=O) groups excluding carboxylic acids is 1. The van der Waals surface area contributed by atoms with E-state index in [-0.39, 0.29) is 5.97 Å². The molecule has 2 aromatic heterocycles. The Morgan fingerprint density at radius 2 is 1.97 bits per heavy atom. The van der Waals surface area contributed by atoms with Crippen molar-refractivity contribution < 1.29 is 9.53 Å². The van der Waals surface area contributed by atoms with Crippen LogP contribution in [-0.2, 0) is 24.1 Å². The molecule has 0 fully saturated rings. The zero-order valence-corrected chi connectivity index (χ0v) is 20.2. The molecule has 0 saturated heterocycles. The summed E-state index contributed by atoms with van der Waals surface area (Å²) in [5.41, 5.74) is 2.71. The molecule has 1 aromatic carbocycles. The molecule has 0 saturated carbocycles. The van der Waals surface area contributed by atoms with Crippen molar-refractivity contribution in [2.75, 3.05) is 17.7 Å². The van der Waals surface area contributed by atoms with Crippen molar-refractivity contribution in [3.8, 4) is 0 Å². The van der Waals surface area contributed by atoms with Crippen molar-refractivity contribution in [1.29, 1.82) is 0 Å². The molecular weight excluding hydrogens is 464 g/mol. The van der Waals surface area contributed by atoms with E-state index in [9.17, 15) is 4.79 Å². The lowest BCUT2D eigenvalue weighted by Crippen LogP contribution is -2.20. The van der Waals surface area contributed by atoms with E-state index in [2.05, 4.69) is 15.7 Å². The third kappa shape index (κ3) is 5.31. The van der Waals surface area contributed by atoms with Gasteiger partial charge in [-0.05, 0) is 55.1 Å². The molecule has 0 radical (unpaired) electrons. The maximum absolute atomic E-state index is 12.6. The van der Waals surface area contributed by atoms with Crippen molar-refractivity contribution in [2.24, 2.45) is 0 Å². The van der Waals surface area contributed by atoms with Gasteiger partial charge < -0.3 is 15.4 Å². The summed E-state index contributed by atoms with van der Waals surface area (Å²) in [5, 5.41) is 12.7. The van der Waals surface area contributed by atoms with Crippen LogP contribution < -0.4 is 10.6 Å². The van der Waals surface area contributed by atoms with Gasteiger partial charge in [-0.15, -0.1) is 11.3 Å². The van der Waals surface area contributed by atoms with Crippen LogP contribution in [0.4, 0.5) is 10.8 Å². The Morgan fingerprint density at radius 1 is 1.19 bits per heavy atom. The Bertz CT molecular complexity index is 1130. The lowest BCUT2D eigenvalue weighted by molar-refractivity contribution is 0.0601. The minimum absolute atomic E-state index is 0.322. The number of esters is 1. The van der Waals surface area contributed by atoms with Crippen LogP contribution in [0, 0.1) is 0 Å². The van der Waals surface area contributed by atoms with E-state index in [1.807, 2.05) is 36.5 Å². The minimum Gasteiger partial charge on any atom is -0.465 e. The van der Waals surface area contributed by atoms with E-state index in [0.29, 0.717) is 28.1 Å². The summed E-state index contributed by atoms with van der Waals surface area (Å²) in [6.07, 6.45) is 8.38. The molecule has 32 heavy (non-hydrogen) atoms. The number of fused-ring (bicyclic) bond motifs is 1. The number of hydrogen-bond acceptors (Lipinski definition) is 5. The highest BCUT2D eigenvalue weighted by molar-refractivity contribution is 7.80. The van der Waals surface area contributed by atoms with E-state index in [1.54, 1.807) is 16.0 Å². The second kappa shape index (κ2) is 10.5. The maximum Gasteiger partial charge on any atom is 0.341 e. The molecule has 2 N–H and O–H groups in total. The summed E-state index contributed by atoms with van der Waals surface area (Å²) in [4.78, 5) is 13.8. The maximum atomic E-state index is 12.6. The van der Waals surface area contributed by atoms with Crippen molar-refractivity contribution in [3.63, 3.8) is 0 Å². The van der Waals surface area contributed by atoms with Gasteiger partial charge in [0, 0.05) is 22.2 Å². The molecule has 0 aliphatic heterocycles. The fourth-order valence-electron chi connectivity index (χ4n) is 3.89. The summed E-state index contributed by atoms with van der Waals surface area (Å²) in [6, 6.07) is 9.54. The van der Waals surface area contributed by atoms with Crippen LogP contribution in [0.15, 0.2) is 36.5 Å². The number of nitrogens with zero attached hydrogens (tertiary/aromatic N) is 2. The van der Waals surface area contributed by atoms with Crippen LogP contribution >= 0.6 is 35.2 Å². The number of ether oxygens (including phenoxy) is 1. The Hall–Kier alpha value is -2.42. The minimum atomic E-state index is -0.322. The quantitative estimate of drug-likeness (QED) is 0.344. The summed E-state index contributed by atoms with van der Waals surface area (Å²) in [7, 11) is 1.42. The smallest absolute Gasteiger partial charge is 0.341 e. The van der Waals surface area contributed by atoms with Crippen molar-refractivity contribution in [2.45, 2.75) is 45.1 Å². The number of thiocarbonyl (C=S) groups is 1. The molecule has 0 bridgehead atoms. The second-order valence-corrected chi connectivity index (χ2v) is 9.60. The molecule has 168 valence electrons.